The lowest BCUT2D eigenvalue weighted by Crippen LogP contribution is -2.31. The molecule has 1 unspecified atom stereocenters. The van der Waals surface area contributed by atoms with Crippen LogP contribution >= 0.6 is 0 Å². The largest absolute Gasteiger partial charge is 0.496 e. The first-order chi connectivity index (χ1) is 8.99. The van der Waals surface area contributed by atoms with Gasteiger partial charge >= 0.3 is 0 Å². The molecule has 106 valence electrons. The Kier molecular flexibility index (Phi) is 6.03. The molecule has 0 aromatic heterocycles. The van der Waals surface area contributed by atoms with E-state index in [1.54, 1.807) is 7.11 Å². The van der Waals surface area contributed by atoms with Gasteiger partial charge in [0.1, 0.15) is 11.9 Å². The van der Waals surface area contributed by atoms with Crippen LogP contribution in [0.15, 0.2) is 18.2 Å². The second-order valence-corrected chi connectivity index (χ2v) is 5.08. The summed E-state index contributed by atoms with van der Waals surface area (Å²) in [5.74, 6) is 1.06. The summed E-state index contributed by atoms with van der Waals surface area (Å²) in [6, 6.07) is 5.89. The number of rotatable bonds is 7. The average molecular weight is 264 g/mol. The van der Waals surface area contributed by atoms with E-state index >= 15 is 0 Å². The van der Waals surface area contributed by atoms with Gasteiger partial charge in [-0.05, 0) is 25.8 Å². The Labute approximate surface area is 115 Å². The van der Waals surface area contributed by atoms with Gasteiger partial charge < -0.3 is 9.47 Å². The molecular weight excluding hydrogens is 240 g/mol. The normalized spacial score (nSPS) is 12.5. The maximum absolute atomic E-state index is 12.3. The molecule has 0 saturated carbocycles. The Hall–Kier alpha value is -1.35. The molecule has 19 heavy (non-hydrogen) atoms. The highest BCUT2D eigenvalue weighted by Gasteiger charge is 2.23. The number of hydrogen-bond acceptors (Lipinski definition) is 3. The fourth-order valence-electron chi connectivity index (χ4n) is 2.17. The monoisotopic (exact) mass is 264 g/mol. The van der Waals surface area contributed by atoms with E-state index in [9.17, 15) is 4.79 Å². The standard InChI is InChI=1S/C16H24O3/c1-6-19-16(11(2)3)14(17)10-13-9-12(4)7-8-15(13)18-5/h7-9,11,16H,6,10H2,1-5H3. The first-order valence-electron chi connectivity index (χ1n) is 6.77. The number of aryl methyl sites for hydroxylation is 1. The van der Waals surface area contributed by atoms with E-state index in [4.69, 9.17) is 9.47 Å². The van der Waals surface area contributed by atoms with Gasteiger partial charge in [-0.3, -0.25) is 4.79 Å². The van der Waals surface area contributed by atoms with Crippen LogP contribution in [0.25, 0.3) is 0 Å². The maximum atomic E-state index is 12.3. The molecule has 0 aliphatic heterocycles. The summed E-state index contributed by atoms with van der Waals surface area (Å²) < 4.78 is 10.9. The van der Waals surface area contributed by atoms with Crippen molar-refractivity contribution < 1.29 is 14.3 Å². The molecule has 0 saturated heterocycles. The van der Waals surface area contributed by atoms with Gasteiger partial charge in [-0.1, -0.05) is 31.5 Å². The molecule has 3 heteroatoms. The minimum absolute atomic E-state index is 0.112. The van der Waals surface area contributed by atoms with Crippen molar-refractivity contribution in [3.8, 4) is 5.75 Å². The van der Waals surface area contributed by atoms with Crippen LogP contribution in [0.2, 0.25) is 0 Å². The highest BCUT2D eigenvalue weighted by atomic mass is 16.5. The van der Waals surface area contributed by atoms with Gasteiger partial charge in [-0.2, -0.15) is 0 Å². The number of ether oxygens (including phenoxy) is 2. The summed E-state index contributed by atoms with van der Waals surface area (Å²) >= 11 is 0. The number of ketones is 1. The van der Waals surface area contributed by atoms with Crippen LogP contribution in [0.1, 0.15) is 31.9 Å². The molecule has 0 N–H and O–H groups in total. The van der Waals surface area contributed by atoms with Crippen LogP contribution in [-0.2, 0) is 16.0 Å². The van der Waals surface area contributed by atoms with Crippen LogP contribution in [0.4, 0.5) is 0 Å². The predicted molar refractivity (Wildman–Crippen MR) is 76.7 cm³/mol. The number of benzene rings is 1. The summed E-state index contributed by atoms with van der Waals surface area (Å²) in [6.07, 6.45) is 0.0171. The minimum Gasteiger partial charge on any atom is -0.496 e. The van der Waals surface area contributed by atoms with Crippen molar-refractivity contribution in [2.45, 2.75) is 40.2 Å². The van der Waals surface area contributed by atoms with Crippen LogP contribution in [0.3, 0.4) is 0 Å². The van der Waals surface area contributed by atoms with E-state index in [-0.39, 0.29) is 17.8 Å². The molecule has 0 fully saturated rings. The Morgan fingerprint density at radius 3 is 2.53 bits per heavy atom. The van der Waals surface area contributed by atoms with Gasteiger partial charge in [-0.25, -0.2) is 0 Å². The molecule has 1 rings (SSSR count). The first kappa shape index (κ1) is 15.7. The third kappa shape index (κ3) is 4.35. The van der Waals surface area contributed by atoms with E-state index in [0.717, 1.165) is 16.9 Å². The average Bonchev–Trinajstić information content (AvgIpc) is 2.35. The number of Topliss-reactive ketones (excluding diaryl/α,β-unsaturated/α-hetero) is 1. The summed E-state index contributed by atoms with van der Waals surface area (Å²) in [5, 5.41) is 0. The summed E-state index contributed by atoms with van der Waals surface area (Å²) in [4.78, 5) is 12.3. The van der Waals surface area contributed by atoms with E-state index in [0.29, 0.717) is 13.0 Å². The Balaban J connectivity index is 2.88. The van der Waals surface area contributed by atoms with Crippen molar-refractivity contribution in [3.05, 3.63) is 29.3 Å². The summed E-state index contributed by atoms with van der Waals surface area (Å²) in [5.41, 5.74) is 2.05. The fraction of sp³-hybridized carbons (Fsp3) is 0.562. The van der Waals surface area contributed by atoms with Crippen molar-refractivity contribution in [1.82, 2.24) is 0 Å². The summed E-state index contributed by atoms with van der Waals surface area (Å²) in [6.45, 7) is 8.49. The first-order valence-corrected chi connectivity index (χ1v) is 6.77. The van der Waals surface area contributed by atoms with Crippen molar-refractivity contribution >= 4 is 5.78 Å². The van der Waals surface area contributed by atoms with Gasteiger partial charge in [-0.15, -0.1) is 0 Å². The minimum atomic E-state index is -0.338. The zero-order chi connectivity index (χ0) is 14.4. The third-order valence-electron chi connectivity index (χ3n) is 3.07. The molecule has 0 spiro atoms. The number of carbonyl (C=O) groups excluding carboxylic acids is 1. The lowest BCUT2D eigenvalue weighted by atomic mass is 9.96. The van der Waals surface area contributed by atoms with Crippen LogP contribution in [0, 0.1) is 12.8 Å². The molecular formula is C16H24O3. The Bertz CT molecular complexity index is 424. The highest BCUT2D eigenvalue weighted by Crippen LogP contribution is 2.22. The maximum Gasteiger partial charge on any atom is 0.166 e. The van der Waals surface area contributed by atoms with Crippen molar-refractivity contribution in [1.29, 1.82) is 0 Å². The molecule has 1 atom stereocenters. The van der Waals surface area contributed by atoms with E-state index < -0.39 is 0 Å². The molecule has 0 radical (unpaired) electrons. The van der Waals surface area contributed by atoms with Gasteiger partial charge in [0.2, 0.25) is 0 Å². The van der Waals surface area contributed by atoms with Crippen LogP contribution in [-0.4, -0.2) is 25.6 Å². The quantitative estimate of drug-likeness (QED) is 0.758. The molecule has 0 amide bonds. The van der Waals surface area contributed by atoms with E-state index in [1.165, 1.54) is 0 Å². The predicted octanol–water partition coefficient (Wildman–Crippen LogP) is 3.18. The van der Waals surface area contributed by atoms with Crippen LogP contribution in [0.5, 0.6) is 5.75 Å². The molecule has 1 aromatic carbocycles. The van der Waals surface area contributed by atoms with Gasteiger partial charge in [0.25, 0.3) is 0 Å². The van der Waals surface area contributed by atoms with E-state index in [1.807, 2.05) is 45.9 Å². The molecule has 0 aliphatic carbocycles. The molecule has 0 heterocycles. The molecule has 0 bridgehead atoms. The Morgan fingerprint density at radius 1 is 1.32 bits per heavy atom. The van der Waals surface area contributed by atoms with Crippen molar-refractivity contribution in [2.24, 2.45) is 5.92 Å². The molecule has 3 nitrogen and oxygen atoms in total. The third-order valence-corrected chi connectivity index (χ3v) is 3.07. The van der Waals surface area contributed by atoms with Crippen molar-refractivity contribution in [2.75, 3.05) is 13.7 Å². The SMILES string of the molecule is CCOC(C(=O)Cc1cc(C)ccc1OC)C(C)C. The number of carbonyl (C=O) groups is 1. The van der Waals surface area contributed by atoms with Gasteiger partial charge in [0, 0.05) is 18.6 Å². The molecule has 0 aliphatic rings. The summed E-state index contributed by atoms with van der Waals surface area (Å²) in [7, 11) is 1.63. The molecule has 1 aromatic rings. The lowest BCUT2D eigenvalue weighted by molar-refractivity contribution is -0.132. The zero-order valence-electron chi connectivity index (χ0n) is 12.5. The van der Waals surface area contributed by atoms with Gasteiger partial charge in [0.15, 0.2) is 5.78 Å². The van der Waals surface area contributed by atoms with Gasteiger partial charge in [0.05, 0.1) is 7.11 Å². The second-order valence-electron chi connectivity index (χ2n) is 5.08. The number of hydrogen-bond donors (Lipinski definition) is 0. The zero-order valence-corrected chi connectivity index (χ0v) is 12.5. The van der Waals surface area contributed by atoms with E-state index in [2.05, 4.69) is 0 Å². The second kappa shape index (κ2) is 7.29. The fourth-order valence-corrected chi connectivity index (χ4v) is 2.17. The topological polar surface area (TPSA) is 35.5 Å². The smallest absolute Gasteiger partial charge is 0.166 e. The lowest BCUT2D eigenvalue weighted by Gasteiger charge is -2.20. The van der Waals surface area contributed by atoms with Crippen LogP contribution < -0.4 is 4.74 Å². The van der Waals surface area contributed by atoms with Crippen molar-refractivity contribution in [3.63, 3.8) is 0 Å². The Morgan fingerprint density at radius 2 is 2.00 bits per heavy atom. The number of methoxy groups -OCH3 is 1. The highest BCUT2D eigenvalue weighted by molar-refractivity contribution is 5.86.